The van der Waals surface area contributed by atoms with Crippen LogP contribution in [-0.2, 0) is 15.6 Å². The summed E-state index contributed by atoms with van der Waals surface area (Å²) in [5.41, 5.74) is 1.74. The lowest BCUT2D eigenvalue weighted by Gasteiger charge is -2.38. The van der Waals surface area contributed by atoms with Gasteiger partial charge in [-0.25, -0.2) is 0 Å². The number of piperazine rings is 1. The molecule has 7 heteroatoms. The van der Waals surface area contributed by atoms with Gasteiger partial charge >= 0.3 is 0 Å². The second-order valence-electron chi connectivity index (χ2n) is 7.19. The summed E-state index contributed by atoms with van der Waals surface area (Å²) in [4.78, 5) is 17.8. The fraction of sp³-hybridized carbons (Fsp3) is 0.409. The minimum Gasteiger partial charge on any atom is -0.497 e. The van der Waals surface area contributed by atoms with Crippen molar-refractivity contribution < 1.29 is 13.7 Å². The number of anilines is 1. The largest absolute Gasteiger partial charge is 0.497 e. The Kier molecular flexibility index (Phi) is 7.80. The number of ether oxygens (including phenoxy) is 1. The highest BCUT2D eigenvalue weighted by molar-refractivity contribution is 7.84. The average molecular weight is 416 g/mol. The molecule has 0 radical (unpaired) electrons. The molecule has 1 N–H and O–H groups in total. The molecule has 1 aliphatic rings. The highest BCUT2D eigenvalue weighted by Crippen LogP contribution is 2.25. The summed E-state index contributed by atoms with van der Waals surface area (Å²) in [5.74, 6) is 1.41. The second-order valence-corrected chi connectivity index (χ2v) is 8.74. The van der Waals surface area contributed by atoms with Gasteiger partial charge in [-0.05, 0) is 29.8 Å². The van der Waals surface area contributed by atoms with Crippen LogP contribution < -0.4 is 10.1 Å². The molecular weight excluding hydrogens is 386 g/mol. The molecular formula is C22H29N3O3S. The molecule has 2 aromatic rings. The van der Waals surface area contributed by atoms with E-state index in [0.717, 1.165) is 49.7 Å². The van der Waals surface area contributed by atoms with E-state index in [1.807, 2.05) is 54.6 Å². The normalized spacial score (nSPS) is 17.4. The Bertz CT molecular complexity index is 806. The summed E-state index contributed by atoms with van der Waals surface area (Å²) in [7, 11) is 0.847. The lowest BCUT2D eigenvalue weighted by Crippen LogP contribution is -2.50. The van der Waals surface area contributed by atoms with Crippen LogP contribution in [0.4, 0.5) is 5.69 Å². The number of carbonyl (C=O) groups is 1. The summed E-state index contributed by atoms with van der Waals surface area (Å²) in [5, 5.41) is 3.05. The van der Waals surface area contributed by atoms with Gasteiger partial charge in [0.05, 0.1) is 7.11 Å². The van der Waals surface area contributed by atoms with Crippen molar-refractivity contribution in [1.82, 2.24) is 9.80 Å². The average Bonchev–Trinajstić information content (AvgIpc) is 2.74. The van der Waals surface area contributed by atoms with E-state index < -0.39 is 10.8 Å². The fourth-order valence-electron chi connectivity index (χ4n) is 3.55. The molecule has 0 aromatic heterocycles. The smallest absolute Gasteiger partial charge is 0.246 e. The molecule has 0 aliphatic carbocycles. The van der Waals surface area contributed by atoms with Crippen molar-refractivity contribution >= 4 is 22.4 Å². The lowest BCUT2D eigenvalue weighted by molar-refractivity contribution is -0.122. The molecule has 0 spiro atoms. The molecule has 2 atom stereocenters. The number of carbonyl (C=O) groups excluding carboxylic acids is 1. The van der Waals surface area contributed by atoms with E-state index in [9.17, 15) is 9.00 Å². The Morgan fingerprint density at radius 3 is 2.31 bits per heavy atom. The van der Waals surface area contributed by atoms with Gasteiger partial charge in [-0.3, -0.25) is 18.8 Å². The van der Waals surface area contributed by atoms with Gasteiger partial charge in [-0.1, -0.05) is 30.3 Å². The van der Waals surface area contributed by atoms with Crippen LogP contribution in [0.2, 0.25) is 0 Å². The minimum atomic E-state index is -0.775. The molecule has 6 nitrogen and oxygen atoms in total. The van der Waals surface area contributed by atoms with Crippen molar-refractivity contribution in [1.29, 1.82) is 0 Å². The van der Waals surface area contributed by atoms with Crippen LogP contribution in [0, 0.1) is 0 Å². The van der Waals surface area contributed by atoms with Crippen LogP contribution in [-0.4, -0.2) is 71.8 Å². The topological polar surface area (TPSA) is 61.9 Å². The summed E-state index contributed by atoms with van der Waals surface area (Å²) >= 11 is 0. The zero-order valence-corrected chi connectivity index (χ0v) is 17.9. The molecule has 1 heterocycles. The van der Waals surface area contributed by atoms with Gasteiger partial charge in [-0.15, -0.1) is 0 Å². The quantitative estimate of drug-likeness (QED) is 0.717. The fourth-order valence-corrected chi connectivity index (χ4v) is 4.07. The number of benzene rings is 2. The molecule has 1 aliphatic heterocycles. The van der Waals surface area contributed by atoms with Gasteiger partial charge in [0.25, 0.3) is 0 Å². The van der Waals surface area contributed by atoms with Crippen molar-refractivity contribution in [3.05, 3.63) is 60.2 Å². The molecule has 1 amide bonds. The number of hydrogen-bond donors (Lipinski definition) is 1. The maximum absolute atomic E-state index is 13.2. The van der Waals surface area contributed by atoms with Crippen molar-refractivity contribution in [2.24, 2.45) is 0 Å². The van der Waals surface area contributed by atoms with Crippen molar-refractivity contribution in [3.63, 3.8) is 0 Å². The third kappa shape index (κ3) is 6.13. The zero-order valence-electron chi connectivity index (χ0n) is 17.0. The standard InChI is InChI=1S/C22H29N3O3S/c1-28-20-10-8-19(9-11-20)23-22(26)21(18-6-4-3-5-7-18)25-14-12-24(13-15-25)16-17-29(2)27/h3-11,21H,12-17H2,1-2H3,(H,23,26)/t21-,29+/m1/s1. The lowest BCUT2D eigenvalue weighted by atomic mass is 10.0. The second kappa shape index (κ2) is 10.5. The van der Waals surface area contributed by atoms with Gasteiger partial charge in [0, 0.05) is 61.2 Å². The molecule has 0 saturated carbocycles. The highest BCUT2D eigenvalue weighted by atomic mass is 32.2. The third-order valence-electron chi connectivity index (χ3n) is 5.19. The first-order valence-corrected chi connectivity index (χ1v) is 11.6. The SMILES string of the molecule is COc1ccc(NC(=O)[C@@H](c2ccccc2)N2CCN(CC[S@](C)=O)CC2)cc1. The molecule has 29 heavy (non-hydrogen) atoms. The van der Waals surface area contributed by atoms with Crippen molar-refractivity contribution in [3.8, 4) is 5.75 Å². The Morgan fingerprint density at radius 2 is 1.72 bits per heavy atom. The number of amides is 1. The van der Waals surface area contributed by atoms with Crippen molar-refractivity contribution in [2.75, 3.05) is 57.2 Å². The van der Waals surface area contributed by atoms with E-state index >= 15 is 0 Å². The van der Waals surface area contributed by atoms with E-state index in [4.69, 9.17) is 4.74 Å². The van der Waals surface area contributed by atoms with E-state index in [1.165, 1.54) is 0 Å². The van der Waals surface area contributed by atoms with Gasteiger partial charge in [0.15, 0.2) is 0 Å². The van der Waals surface area contributed by atoms with Crippen LogP contribution in [0.1, 0.15) is 11.6 Å². The molecule has 1 fully saturated rings. The Labute approximate surface area is 175 Å². The third-order valence-corrected chi connectivity index (χ3v) is 5.95. The van der Waals surface area contributed by atoms with Crippen molar-refractivity contribution in [2.45, 2.75) is 6.04 Å². The monoisotopic (exact) mass is 415 g/mol. The van der Waals surface area contributed by atoms with E-state index in [0.29, 0.717) is 5.75 Å². The first-order chi connectivity index (χ1) is 14.1. The zero-order chi connectivity index (χ0) is 20.6. The maximum Gasteiger partial charge on any atom is 0.246 e. The molecule has 3 rings (SSSR count). The van der Waals surface area contributed by atoms with Crippen LogP contribution in [0.15, 0.2) is 54.6 Å². The van der Waals surface area contributed by atoms with E-state index in [-0.39, 0.29) is 11.9 Å². The van der Waals surface area contributed by atoms with Gasteiger partial charge in [0.1, 0.15) is 11.8 Å². The number of nitrogens with one attached hydrogen (secondary N) is 1. The van der Waals surface area contributed by atoms with Gasteiger partial charge in [-0.2, -0.15) is 0 Å². The summed E-state index contributed by atoms with van der Waals surface area (Å²) in [6.45, 7) is 4.18. The predicted octanol–water partition coefficient (Wildman–Crippen LogP) is 2.37. The van der Waals surface area contributed by atoms with Crippen LogP contribution in [0.3, 0.4) is 0 Å². The van der Waals surface area contributed by atoms with Crippen LogP contribution in [0.25, 0.3) is 0 Å². The van der Waals surface area contributed by atoms with Gasteiger partial charge in [0.2, 0.25) is 5.91 Å². The predicted molar refractivity (Wildman–Crippen MR) is 118 cm³/mol. The van der Waals surface area contributed by atoms with E-state index in [2.05, 4.69) is 15.1 Å². The first kappa shape index (κ1) is 21.5. The summed E-state index contributed by atoms with van der Waals surface area (Å²) < 4.78 is 16.5. The van der Waals surface area contributed by atoms with Crippen LogP contribution >= 0.6 is 0 Å². The minimum absolute atomic E-state index is 0.0375. The Hall–Kier alpha value is -2.22. The van der Waals surface area contributed by atoms with Crippen LogP contribution in [0.5, 0.6) is 5.75 Å². The number of nitrogens with zero attached hydrogens (tertiary/aromatic N) is 2. The molecule has 2 aromatic carbocycles. The highest BCUT2D eigenvalue weighted by Gasteiger charge is 2.30. The number of rotatable bonds is 8. The summed E-state index contributed by atoms with van der Waals surface area (Å²) in [6.07, 6.45) is 1.74. The Morgan fingerprint density at radius 1 is 1.07 bits per heavy atom. The molecule has 0 bridgehead atoms. The van der Waals surface area contributed by atoms with E-state index in [1.54, 1.807) is 13.4 Å². The molecule has 0 unspecified atom stereocenters. The number of methoxy groups -OCH3 is 1. The number of hydrogen-bond acceptors (Lipinski definition) is 5. The van der Waals surface area contributed by atoms with Gasteiger partial charge < -0.3 is 10.1 Å². The summed E-state index contributed by atoms with van der Waals surface area (Å²) in [6, 6.07) is 16.9. The first-order valence-electron chi connectivity index (χ1n) is 9.83. The molecule has 1 saturated heterocycles. The molecule has 156 valence electrons. The Balaban J connectivity index is 1.70. The maximum atomic E-state index is 13.2.